The predicted molar refractivity (Wildman–Crippen MR) is 50.0 cm³/mol. The molecule has 0 unspecified atom stereocenters. The monoisotopic (exact) mass is 183 g/mol. The minimum Gasteiger partial charge on any atom is -0.325 e. The van der Waals surface area contributed by atoms with E-state index in [-0.39, 0.29) is 0 Å². The summed E-state index contributed by atoms with van der Waals surface area (Å²) in [6.45, 7) is 2.76. The molecule has 1 aromatic rings. The van der Waals surface area contributed by atoms with Crippen molar-refractivity contribution in [3.05, 3.63) is 15.6 Å². The lowest BCUT2D eigenvalue weighted by Crippen LogP contribution is -2.25. The minimum atomic E-state index is 0.585. The first-order valence-electron chi connectivity index (χ1n) is 4.15. The molecule has 66 valence electrons. The van der Waals surface area contributed by atoms with Crippen LogP contribution in [0.2, 0.25) is 0 Å². The van der Waals surface area contributed by atoms with Crippen molar-refractivity contribution in [2.45, 2.75) is 19.5 Å². The highest BCUT2D eigenvalue weighted by atomic mass is 32.1. The first-order chi connectivity index (χ1) is 5.79. The van der Waals surface area contributed by atoms with Gasteiger partial charge < -0.3 is 10.6 Å². The van der Waals surface area contributed by atoms with Gasteiger partial charge in [0.15, 0.2) is 0 Å². The van der Waals surface area contributed by atoms with Gasteiger partial charge in [0.2, 0.25) is 0 Å². The maximum Gasteiger partial charge on any atom is 0.107 e. The zero-order chi connectivity index (χ0) is 8.55. The fourth-order valence-corrected chi connectivity index (χ4v) is 2.54. The van der Waals surface area contributed by atoms with Gasteiger partial charge in [0, 0.05) is 30.9 Å². The second kappa shape index (κ2) is 3.12. The van der Waals surface area contributed by atoms with E-state index in [1.54, 1.807) is 11.3 Å². The highest BCUT2D eigenvalue weighted by Gasteiger charge is 2.17. The third-order valence-corrected chi connectivity index (χ3v) is 3.25. The number of fused-ring (bicyclic) bond motifs is 1. The highest BCUT2D eigenvalue weighted by Crippen LogP contribution is 2.23. The van der Waals surface area contributed by atoms with E-state index in [1.165, 1.54) is 10.6 Å². The molecule has 12 heavy (non-hydrogen) atoms. The van der Waals surface area contributed by atoms with Crippen molar-refractivity contribution in [3.63, 3.8) is 0 Å². The van der Waals surface area contributed by atoms with Crippen LogP contribution in [-0.2, 0) is 19.5 Å². The van der Waals surface area contributed by atoms with Crippen LogP contribution >= 0.6 is 11.3 Å². The Bertz CT molecular complexity index is 282. The summed E-state index contributed by atoms with van der Waals surface area (Å²) in [5, 5.41) is 1.08. The van der Waals surface area contributed by atoms with Crippen LogP contribution in [0.15, 0.2) is 0 Å². The summed E-state index contributed by atoms with van der Waals surface area (Å²) in [7, 11) is 2.14. The molecule has 1 aliphatic heterocycles. The third kappa shape index (κ3) is 1.37. The number of nitrogens with zero attached hydrogens (tertiary/aromatic N) is 2. The van der Waals surface area contributed by atoms with Gasteiger partial charge in [-0.1, -0.05) is 0 Å². The van der Waals surface area contributed by atoms with Crippen molar-refractivity contribution in [2.75, 3.05) is 13.6 Å². The maximum absolute atomic E-state index is 5.53. The third-order valence-electron chi connectivity index (χ3n) is 2.14. The maximum atomic E-state index is 5.53. The van der Waals surface area contributed by atoms with E-state index in [0.29, 0.717) is 6.54 Å². The lowest BCUT2D eigenvalue weighted by molar-refractivity contribution is 0.314. The number of hydrogen-bond acceptors (Lipinski definition) is 4. The summed E-state index contributed by atoms with van der Waals surface area (Å²) in [5.41, 5.74) is 6.81. The average molecular weight is 183 g/mol. The van der Waals surface area contributed by atoms with Crippen LogP contribution in [0.4, 0.5) is 0 Å². The molecular formula is C8H13N3S. The van der Waals surface area contributed by atoms with E-state index in [0.717, 1.165) is 24.5 Å². The van der Waals surface area contributed by atoms with E-state index < -0.39 is 0 Å². The summed E-state index contributed by atoms with van der Waals surface area (Å²) < 4.78 is 0. The summed E-state index contributed by atoms with van der Waals surface area (Å²) in [6.07, 6.45) is 1.09. The Hall–Kier alpha value is -0.450. The molecule has 2 N–H and O–H groups in total. The molecule has 0 saturated carbocycles. The van der Waals surface area contributed by atoms with Crippen molar-refractivity contribution >= 4 is 11.3 Å². The van der Waals surface area contributed by atoms with E-state index in [4.69, 9.17) is 5.73 Å². The standard InChI is InChI=1S/C8H13N3S/c1-11-3-2-6-7(5-11)12-8(4-9)10-6/h2-5,9H2,1H3. The molecular weight excluding hydrogens is 170 g/mol. The topological polar surface area (TPSA) is 42.2 Å². The largest absolute Gasteiger partial charge is 0.325 e. The molecule has 2 rings (SSSR count). The van der Waals surface area contributed by atoms with Crippen LogP contribution in [0.1, 0.15) is 15.6 Å². The normalized spacial score (nSPS) is 17.8. The molecule has 1 aromatic heterocycles. The van der Waals surface area contributed by atoms with E-state index in [9.17, 15) is 0 Å². The Kier molecular flexibility index (Phi) is 2.12. The van der Waals surface area contributed by atoms with Gasteiger partial charge in [0.1, 0.15) is 5.01 Å². The number of rotatable bonds is 1. The highest BCUT2D eigenvalue weighted by molar-refractivity contribution is 7.11. The smallest absolute Gasteiger partial charge is 0.107 e. The van der Waals surface area contributed by atoms with Crippen LogP contribution in [-0.4, -0.2) is 23.5 Å². The number of likely N-dealkylation sites (N-methyl/N-ethyl adjacent to an activating group) is 1. The molecule has 3 nitrogen and oxygen atoms in total. The first kappa shape index (κ1) is 8.16. The second-order valence-electron chi connectivity index (χ2n) is 3.17. The molecule has 0 amide bonds. The fourth-order valence-electron chi connectivity index (χ4n) is 1.46. The molecule has 0 atom stereocenters. The minimum absolute atomic E-state index is 0.585. The van der Waals surface area contributed by atoms with Gasteiger partial charge in [-0.05, 0) is 7.05 Å². The van der Waals surface area contributed by atoms with Gasteiger partial charge in [-0.3, -0.25) is 0 Å². The molecule has 2 heterocycles. The summed E-state index contributed by atoms with van der Waals surface area (Å²) in [5.74, 6) is 0. The van der Waals surface area contributed by atoms with Crippen molar-refractivity contribution in [2.24, 2.45) is 5.73 Å². The Balaban J connectivity index is 2.28. The van der Waals surface area contributed by atoms with E-state index >= 15 is 0 Å². The summed E-state index contributed by atoms with van der Waals surface area (Å²) in [4.78, 5) is 8.20. The fraction of sp³-hybridized carbons (Fsp3) is 0.625. The Morgan fingerprint density at radius 3 is 3.25 bits per heavy atom. The van der Waals surface area contributed by atoms with E-state index in [2.05, 4.69) is 16.9 Å². The van der Waals surface area contributed by atoms with Gasteiger partial charge in [-0.15, -0.1) is 11.3 Å². The lowest BCUT2D eigenvalue weighted by atomic mass is 10.2. The molecule has 0 saturated heterocycles. The van der Waals surface area contributed by atoms with Gasteiger partial charge in [0.05, 0.1) is 5.69 Å². The molecule has 0 aliphatic carbocycles. The number of thiazole rings is 1. The van der Waals surface area contributed by atoms with Crippen LogP contribution in [0.3, 0.4) is 0 Å². The van der Waals surface area contributed by atoms with Crippen molar-refractivity contribution in [3.8, 4) is 0 Å². The Morgan fingerprint density at radius 1 is 1.67 bits per heavy atom. The van der Waals surface area contributed by atoms with Crippen molar-refractivity contribution < 1.29 is 0 Å². The Morgan fingerprint density at radius 2 is 2.50 bits per heavy atom. The first-order valence-corrected chi connectivity index (χ1v) is 4.97. The lowest BCUT2D eigenvalue weighted by Gasteiger charge is -2.20. The molecule has 1 aliphatic rings. The summed E-state index contributed by atoms with van der Waals surface area (Å²) >= 11 is 1.76. The van der Waals surface area contributed by atoms with Gasteiger partial charge in [-0.25, -0.2) is 4.98 Å². The number of nitrogens with two attached hydrogens (primary N) is 1. The SMILES string of the molecule is CN1CCc2nc(CN)sc2C1. The van der Waals surface area contributed by atoms with Crippen molar-refractivity contribution in [1.29, 1.82) is 0 Å². The molecule has 0 bridgehead atoms. The van der Waals surface area contributed by atoms with Crippen molar-refractivity contribution in [1.82, 2.24) is 9.88 Å². The number of aromatic nitrogens is 1. The summed E-state index contributed by atoms with van der Waals surface area (Å²) in [6, 6.07) is 0. The van der Waals surface area contributed by atoms with Crippen LogP contribution in [0.5, 0.6) is 0 Å². The molecule has 0 fully saturated rings. The van der Waals surface area contributed by atoms with Gasteiger partial charge in [0.25, 0.3) is 0 Å². The average Bonchev–Trinajstić information content (AvgIpc) is 2.46. The van der Waals surface area contributed by atoms with Crippen LogP contribution in [0.25, 0.3) is 0 Å². The van der Waals surface area contributed by atoms with Crippen LogP contribution < -0.4 is 5.73 Å². The number of hydrogen-bond donors (Lipinski definition) is 1. The second-order valence-corrected chi connectivity index (χ2v) is 4.34. The van der Waals surface area contributed by atoms with E-state index in [1.807, 2.05) is 0 Å². The zero-order valence-corrected chi connectivity index (χ0v) is 8.02. The molecule has 0 radical (unpaired) electrons. The van der Waals surface area contributed by atoms with Gasteiger partial charge in [-0.2, -0.15) is 0 Å². The molecule has 0 spiro atoms. The predicted octanol–water partition coefficient (Wildman–Crippen LogP) is 0.590. The van der Waals surface area contributed by atoms with Crippen LogP contribution in [0, 0.1) is 0 Å². The zero-order valence-electron chi connectivity index (χ0n) is 7.21. The quantitative estimate of drug-likeness (QED) is 0.693. The Labute approximate surface area is 76.2 Å². The molecule has 0 aromatic carbocycles. The molecule has 4 heteroatoms. The van der Waals surface area contributed by atoms with Gasteiger partial charge >= 0.3 is 0 Å².